The predicted molar refractivity (Wildman–Crippen MR) is 113 cm³/mol. The summed E-state index contributed by atoms with van der Waals surface area (Å²) in [6.45, 7) is 0.951. The Morgan fingerprint density at radius 2 is 1.65 bits per heavy atom. The van der Waals surface area contributed by atoms with Crippen LogP contribution in [0.2, 0.25) is 0 Å². The number of nitrogens with zero attached hydrogens (tertiary/aromatic N) is 2. The zero-order valence-corrected chi connectivity index (χ0v) is 17.7. The molecule has 1 heterocycles. The van der Waals surface area contributed by atoms with E-state index >= 15 is 0 Å². The van der Waals surface area contributed by atoms with Gasteiger partial charge in [0, 0.05) is 12.6 Å². The van der Waals surface area contributed by atoms with Crippen LogP contribution in [0.4, 0.5) is 24.5 Å². The fraction of sp³-hybridized carbons (Fsp3) is 0.478. The highest BCUT2D eigenvalue weighted by Crippen LogP contribution is 2.44. The number of alkyl halides is 3. The van der Waals surface area contributed by atoms with Crippen LogP contribution in [0.1, 0.15) is 36.8 Å². The summed E-state index contributed by atoms with van der Waals surface area (Å²) in [5, 5.41) is 9.85. The molecule has 2 aliphatic rings. The van der Waals surface area contributed by atoms with Gasteiger partial charge in [0.1, 0.15) is 0 Å². The van der Waals surface area contributed by atoms with Gasteiger partial charge in [0.2, 0.25) is 0 Å². The third kappa shape index (κ3) is 4.39. The van der Waals surface area contributed by atoms with Crippen molar-refractivity contribution < 1.29 is 27.8 Å². The number of aliphatic hydroxyl groups excluding tert-OH is 1. The lowest BCUT2D eigenvalue weighted by atomic mass is 9.92. The minimum Gasteiger partial charge on any atom is -0.493 e. The van der Waals surface area contributed by atoms with Crippen molar-refractivity contribution in [3.05, 3.63) is 47.5 Å². The highest BCUT2D eigenvalue weighted by molar-refractivity contribution is 5.77. The van der Waals surface area contributed by atoms with Gasteiger partial charge in [0.05, 0.1) is 43.9 Å². The molecule has 0 radical (unpaired) electrons. The first-order valence-corrected chi connectivity index (χ1v) is 10.4. The molecule has 31 heavy (non-hydrogen) atoms. The Kier molecular flexibility index (Phi) is 5.92. The van der Waals surface area contributed by atoms with Crippen LogP contribution >= 0.6 is 0 Å². The van der Waals surface area contributed by atoms with Gasteiger partial charge in [-0.25, -0.2) is 0 Å². The van der Waals surface area contributed by atoms with Gasteiger partial charge in [-0.2, -0.15) is 13.2 Å². The summed E-state index contributed by atoms with van der Waals surface area (Å²) in [4.78, 5) is 4.15. The standard InChI is InChI=1S/C23H27F3N2O3/c1-30-21-10-3-15(11-22(21)31-2)13-27-14-28(17-5-7-18(29)8-6-17)19-9-4-16(12-20(19)27)23(24,25)26/h3-4,9-12,17-18,29H,5-8,13-14H2,1-2H3. The number of ether oxygens (including phenoxy) is 2. The maximum atomic E-state index is 13.4. The van der Waals surface area contributed by atoms with E-state index in [1.165, 1.54) is 6.07 Å². The molecule has 1 fully saturated rings. The molecular weight excluding hydrogens is 409 g/mol. The third-order valence-electron chi connectivity index (χ3n) is 6.20. The van der Waals surface area contributed by atoms with E-state index in [0.717, 1.165) is 30.2 Å². The van der Waals surface area contributed by atoms with E-state index in [1.807, 2.05) is 17.0 Å². The van der Waals surface area contributed by atoms with E-state index in [4.69, 9.17) is 9.47 Å². The van der Waals surface area contributed by atoms with Gasteiger partial charge in [-0.3, -0.25) is 0 Å². The molecule has 0 bridgehead atoms. The molecule has 2 aromatic carbocycles. The molecule has 0 spiro atoms. The molecule has 0 atom stereocenters. The van der Waals surface area contributed by atoms with Gasteiger partial charge in [-0.15, -0.1) is 0 Å². The molecule has 2 aromatic rings. The van der Waals surface area contributed by atoms with Crippen molar-refractivity contribution >= 4 is 11.4 Å². The molecular formula is C23H27F3N2O3. The molecule has 1 aliphatic heterocycles. The summed E-state index contributed by atoms with van der Waals surface area (Å²) >= 11 is 0. The number of halogens is 3. The normalized spacial score (nSPS) is 21.2. The lowest BCUT2D eigenvalue weighted by Gasteiger charge is -2.35. The lowest BCUT2D eigenvalue weighted by Crippen LogP contribution is -2.41. The topological polar surface area (TPSA) is 45.2 Å². The molecule has 1 saturated carbocycles. The van der Waals surface area contributed by atoms with Crippen molar-refractivity contribution in [1.29, 1.82) is 0 Å². The molecule has 168 valence electrons. The Morgan fingerprint density at radius 1 is 0.935 bits per heavy atom. The van der Waals surface area contributed by atoms with Crippen LogP contribution in [0, 0.1) is 0 Å². The first kappa shape index (κ1) is 21.6. The van der Waals surface area contributed by atoms with Gasteiger partial charge in [-0.05, 0) is 61.6 Å². The summed E-state index contributed by atoms with van der Waals surface area (Å²) in [7, 11) is 3.12. The van der Waals surface area contributed by atoms with Crippen LogP contribution in [0.25, 0.3) is 0 Å². The number of aliphatic hydroxyl groups is 1. The highest BCUT2D eigenvalue weighted by atomic mass is 19.4. The number of benzene rings is 2. The molecule has 0 aromatic heterocycles. The maximum Gasteiger partial charge on any atom is 0.416 e. The fourth-order valence-electron chi connectivity index (χ4n) is 4.55. The van der Waals surface area contributed by atoms with Crippen molar-refractivity contribution in [1.82, 2.24) is 0 Å². The minimum atomic E-state index is -4.40. The molecule has 5 nitrogen and oxygen atoms in total. The average Bonchev–Trinajstić information content (AvgIpc) is 3.11. The molecule has 1 aliphatic carbocycles. The monoisotopic (exact) mass is 436 g/mol. The summed E-state index contributed by atoms with van der Waals surface area (Å²) in [6.07, 6.45) is -1.60. The van der Waals surface area contributed by atoms with Crippen LogP contribution in [-0.4, -0.2) is 38.1 Å². The Morgan fingerprint density at radius 3 is 2.29 bits per heavy atom. The number of hydrogen-bond donors (Lipinski definition) is 1. The van der Waals surface area contributed by atoms with Crippen LogP contribution in [0.3, 0.4) is 0 Å². The van der Waals surface area contributed by atoms with E-state index in [-0.39, 0.29) is 12.1 Å². The van der Waals surface area contributed by atoms with Crippen LogP contribution in [-0.2, 0) is 12.7 Å². The maximum absolute atomic E-state index is 13.4. The quantitative estimate of drug-likeness (QED) is 0.729. The van der Waals surface area contributed by atoms with E-state index in [0.29, 0.717) is 43.2 Å². The van der Waals surface area contributed by atoms with Crippen molar-refractivity contribution in [2.75, 3.05) is 30.7 Å². The highest BCUT2D eigenvalue weighted by Gasteiger charge is 2.37. The number of hydrogen-bond acceptors (Lipinski definition) is 5. The van der Waals surface area contributed by atoms with E-state index < -0.39 is 11.7 Å². The number of rotatable bonds is 5. The second kappa shape index (κ2) is 8.49. The Hall–Kier alpha value is -2.61. The van der Waals surface area contributed by atoms with E-state index in [9.17, 15) is 18.3 Å². The van der Waals surface area contributed by atoms with Gasteiger partial charge >= 0.3 is 6.18 Å². The summed E-state index contributed by atoms with van der Waals surface area (Å²) < 4.78 is 50.8. The summed E-state index contributed by atoms with van der Waals surface area (Å²) in [5.74, 6) is 1.19. The lowest BCUT2D eigenvalue weighted by molar-refractivity contribution is -0.137. The molecule has 4 rings (SSSR count). The fourth-order valence-corrected chi connectivity index (χ4v) is 4.55. The van der Waals surface area contributed by atoms with Gasteiger partial charge < -0.3 is 24.4 Å². The Balaban J connectivity index is 1.65. The number of methoxy groups -OCH3 is 2. The largest absolute Gasteiger partial charge is 0.493 e. The minimum absolute atomic E-state index is 0.203. The first-order valence-electron chi connectivity index (χ1n) is 10.4. The van der Waals surface area contributed by atoms with Crippen LogP contribution in [0.15, 0.2) is 36.4 Å². The average molecular weight is 436 g/mol. The van der Waals surface area contributed by atoms with Gasteiger partial charge in [-0.1, -0.05) is 6.07 Å². The second-order valence-electron chi connectivity index (χ2n) is 8.16. The van der Waals surface area contributed by atoms with Crippen molar-refractivity contribution in [2.45, 2.75) is 50.6 Å². The zero-order valence-electron chi connectivity index (χ0n) is 17.7. The zero-order chi connectivity index (χ0) is 22.2. The molecule has 0 saturated heterocycles. The van der Waals surface area contributed by atoms with Crippen molar-refractivity contribution in [2.24, 2.45) is 0 Å². The first-order chi connectivity index (χ1) is 14.8. The summed E-state index contributed by atoms with van der Waals surface area (Å²) in [6, 6.07) is 9.74. The third-order valence-corrected chi connectivity index (χ3v) is 6.20. The molecule has 8 heteroatoms. The molecule has 1 N–H and O–H groups in total. The van der Waals surface area contributed by atoms with E-state index in [2.05, 4.69) is 4.90 Å². The van der Waals surface area contributed by atoms with Crippen molar-refractivity contribution in [3.8, 4) is 11.5 Å². The molecule has 0 unspecified atom stereocenters. The number of fused-ring (bicyclic) bond motifs is 1. The smallest absolute Gasteiger partial charge is 0.416 e. The summed E-state index contributed by atoms with van der Waals surface area (Å²) in [5.41, 5.74) is 1.66. The number of anilines is 2. The van der Waals surface area contributed by atoms with Gasteiger partial charge in [0.25, 0.3) is 0 Å². The van der Waals surface area contributed by atoms with Crippen molar-refractivity contribution in [3.63, 3.8) is 0 Å². The SMILES string of the molecule is COc1ccc(CN2CN(C3CCC(O)CC3)c3ccc(C(F)(F)F)cc32)cc1OC. The van der Waals surface area contributed by atoms with Crippen LogP contribution in [0.5, 0.6) is 11.5 Å². The Labute approximate surface area is 180 Å². The van der Waals surface area contributed by atoms with E-state index in [1.54, 1.807) is 26.4 Å². The second-order valence-corrected chi connectivity index (χ2v) is 8.16. The predicted octanol–water partition coefficient (Wildman–Crippen LogP) is 4.81. The van der Waals surface area contributed by atoms with Crippen LogP contribution < -0.4 is 19.3 Å². The molecule has 0 amide bonds. The Bertz CT molecular complexity index is 927. The van der Waals surface area contributed by atoms with Gasteiger partial charge in [0.15, 0.2) is 11.5 Å².